The van der Waals surface area contributed by atoms with Crippen molar-refractivity contribution in [1.29, 1.82) is 0 Å². The van der Waals surface area contributed by atoms with Crippen molar-refractivity contribution < 1.29 is 9.53 Å². The largest absolute Gasteiger partial charge is 0.487 e. The molecule has 1 N–H and O–H groups in total. The molecule has 0 saturated carbocycles. The van der Waals surface area contributed by atoms with Gasteiger partial charge in [0.25, 0.3) is 0 Å². The average Bonchev–Trinajstić information content (AvgIpc) is 3.23. The molecule has 158 valence electrons. The van der Waals surface area contributed by atoms with E-state index < -0.39 is 0 Å². The lowest BCUT2D eigenvalue weighted by Gasteiger charge is -2.11. The molecule has 8 nitrogen and oxygen atoms in total. The SMILES string of the molecule is O=C(Cn1ncc(=O)c2ccccc21)Nc1cccc(OCc2cn3ccccc3n2)c1. The van der Waals surface area contributed by atoms with Crippen LogP contribution >= 0.6 is 0 Å². The highest BCUT2D eigenvalue weighted by molar-refractivity contribution is 5.91. The van der Waals surface area contributed by atoms with Gasteiger partial charge in [0.15, 0.2) is 0 Å². The quantitative estimate of drug-likeness (QED) is 0.451. The number of hydrogen-bond donors (Lipinski definition) is 1. The van der Waals surface area contributed by atoms with E-state index in [1.165, 1.54) is 10.9 Å². The maximum absolute atomic E-state index is 12.6. The van der Waals surface area contributed by atoms with Gasteiger partial charge in [0, 0.05) is 29.5 Å². The number of nitrogens with one attached hydrogen (secondary N) is 1. The van der Waals surface area contributed by atoms with Gasteiger partial charge >= 0.3 is 0 Å². The standard InChI is InChI=1S/C24H19N5O3/c30-22-13-25-29(21-9-2-1-8-20(21)22)15-24(31)27-17-6-5-7-19(12-17)32-16-18-14-28-11-4-3-10-23(28)26-18/h1-14H,15-16H2,(H,27,31). The second-order valence-electron chi connectivity index (χ2n) is 7.25. The van der Waals surface area contributed by atoms with Gasteiger partial charge in [-0.25, -0.2) is 4.98 Å². The lowest BCUT2D eigenvalue weighted by molar-refractivity contribution is -0.116. The van der Waals surface area contributed by atoms with E-state index in [0.717, 1.165) is 11.3 Å². The maximum atomic E-state index is 12.6. The number of ether oxygens (including phenoxy) is 1. The maximum Gasteiger partial charge on any atom is 0.246 e. The molecule has 32 heavy (non-hydrogen) atoms. The number of nitrogens with zero attached hydrogens (tertiary/aromatic N) is 4. The number of rotatable bonds is 6. The van der Waals surface area contributed by atoms with E-state index in [4.69, 9.17) is 4.74 Å². The second kappa shape index (κ2) is 8.35. The topological polar surface area (TPSA) is 90.5 Å². The lowest BCUT2D eigenvalue weighted by Crippen LogP contribution is -2.22. The number of anilines is 1. The summed E-state index contributed by atoms with van der Waals surface area (Å²) < 4.78 is 9.30. The number of carbonyl (C=O) groups excluding carboxylic acids is 1. The summed E-state index contributed by atoms with van der Waals surface area (Å²) in [6.07, 6.45) is 5.08. The third kappa shape index (κ3) is 4.06. The minimum absolute atomic E-state index is 0.0207. The van der Waals surface area contributed by atoms with Crippen LogP contribution in [0.5, 0.6) is 5.75 Å². The van der Waals surface area contributed by atoms with Gasteiger partial charge in [0.2, 0.25) is 11.3 Å². The van der Waals surface area contributed by atoms with E-state index in [1.807, 2.05) is 53.2 Å². The predicted molar refractivity (Wildman–Crippen MR) is 121 cm³/mol. The Morgan fingerprint density at radius 1 is 1.03 bits per heavy atom. The minimum atomic E-state index is -0.260. The third-order valence-electron chi connectivity index (χ3n) is 4.97. The van der Waals surface area contributed by atoms with Gasteiger partial charge in [-0.05, 0) is 36.4 Å². The molecular formula is C24H19N5O3. The number of imidazole rings is 1. The number of hydrogen-bond acceptors (Lipinski definition) is 5. The molecule has 1 amide bonds. The molecule has 5 rings (SSSR count). The summed E-state index contributed by atoms with van der Waals surface area (Å²) >= 11 is 0. The molecule has 2 aromatic carbocycles. The Hall–Kier alpha value is -4.46. The smallest absolute Gasteiger partial charge is 0.246 e. The minimum Gasteiger partial charge on any atom is -0.487 e. The van der Waals surface area contributed by atoms with Crippen LogP contribution in [0.4, 0.5) is 5.69 Å². The van der Waals surface area contributed by atoms with Crippen LogP contribution in [0.2, 0.25) is 0 Å². The first-order valence-corrected chi connectivity index (χ1v) is 10.1. The van der Waals surface area contributed by atoms with Crippen LogP contribution in [0, 0.1) is 0 Å². The van der Waals surface area contributed by atoms with Gasteiger partial charge in [-0.2, -0.15) is 5.10 Å². The zero-order chi connectivity index (χ0) is 21.9. The first-order chi connectivity index (χ1) is 15.7. The van der Waals surface area contributed by atoms with Crippen LogP contribution in [0.15, 0.2) is 90.1 Å². The van der Waals surface area contributed by atoms with Crippen LogP contribution < -0.4 is 15.5 Å². The first kappa shape index (κ1) is 19.5. The Labute approximate surface area is 182 Å². The number of benzene rings is 2. The molecule has 0 radical (unpaired) electrons. The molecule has 0 fully saturated rings. The summed E-state index contributed by atoms with van der Waals surface area (Å²) in [5.74, 6) is 0.357. The zero-order valence-electron chi connectivity index (χ0n) is 17.0. The van der Waals surface area contributed by atoms with Crippen molar-refractivity contribution >= 4 is 28.1 Å². The molecule has 0 unspecified atom stereocenters. The third-order valence-corrected chi connectivity index (χ3v) is 4.97. The van der Waals surface area contributed by atoms with Gasteiger partial charge in [-0.3, -0.25) is 14.3 Å². The van der Waals surface area contributed by atoms with Crippen molar-refractivity contribution in [3.63, 3.8) is 0 Å². The molecule has 5 aromatic rings. The van der Waals surface area contributed by atoms with Gasteiger partial charge in [-0.15, -0.1) is 0 Å². The fourth-order valence-electron chi connectivity index (χ4n) is 3.50. The van der Waals surface area contributed by atoms with Crippen molar-refractivity contribution in [3.05, 3.63) is 101 Å². The summed E-state index contributed by atoms with van der Waals surface area (Å²) in [7, 11) is 0. The van der Waals surface area contributed by atoms with Gasteiger partial charge in [-0.1, -0.05) is 24.3 Å². The van der Waals surface area contributed by atoms with Crippen molar-refractivity contribution in [3.8, 4) is 5.75 Å². The molecule has 0 spiro atoms. The normalized spacial score (nSPS) is 11.0. The second-order valence-corrected chi connectivity index (χ2v) is 7.25. The molecule has 3 heterocycles. The summed E-state index contributed by atoms with van der Waals surface area (Å²) in [6.45, 7) is 0.291. The highest BCUT2D eigenvalue weighted by Gasteiger charge is 2.09. The molecular weight excluding hydrogens is 406 g/mol. The van der Waals surface area contributed by atoms with E-state index in [0.29, 0.717) is 28.9 Å². The van der Waals surface area contributed by atoms with Crippen molar-refractivity contribution in [2.75, 3.05) is 5.32 Å². The average molecular weight is 425 g/mol. The Morgan fingerprint density at radius 2 is 1.91 bits per heavy atom. The first-order valence-electron chi connectivity index (χ1n) is 10.1. The van der Waals surface area contributed by atoms with Crippen LogP contribution in [-0.4, -0.2) is 25.1 Å². The number of aromatic nitrogens is 4. The number of fused-ring (bicyclic) bond motifs is 2. The van der Waals surface area contributed by atoms with Gasteiger partial charge in [0.1, 0.15) is 24.5 Å². The molecule has 0 bridgehead atoms. The summed E-state index contributed by atoms with van der Waals surface area (Å²) in [6, 6.07) is 20.1. The van der Waals surface area contributed by atoms with Gasteiger partial charge in [0.05, 0.1) is 17.4 Å². The molecule has 8 heteroatoms. The van der Waals surface area contributed by atoms with Crippen LogP contribution in [0.1, 0.15) is 5.69 Å². The Balaban J connectivity index is 1.26. The Kier molecular flexibility index (Phi) is 5.09. The molecule has 0 aliphatic carbocycles. The summed E-state index contributed by atoms with van der Waals surface area (Å²) in [5.41, 5.74) is 2.71. The molecule has 0 aliphatic heterocycles. The van der Waals surface area contributed by atoms with E-state index in [1.54, 1.807) is 30.3 Å². The Bertz CT molecular complexity index is 1460. The molecule has 3 aromatic heterocycles. The highest BCUT2D eigenvalue weighted by Crippen LogP contribution is 2.19. The number of para-hydroxylation sites is 1. The van der Waals surface area contributed by atoms with E-state index in [2.05, 4.69) is 15.4 Å². The van der Waals surface area contributed by atoms with E-state index >= 15 is 0 Å². The van der Waals surface area contributed by atoms with E-state index in [9.17, 15) is 9.59 Å². The van der Waals surface area contributed by atoms with Crippen LogP contribution in [0.3, 0.4) is 0 Å². The highest BCUT2D eigenvalue weighted by atomic mass is 16.5. The molecule has 0 atom stereocenters. The summed E-state index contributed by atoms with van der Waals surface area (Å²) in [5, 5.41) is 7.47. The van der Waals surface area contributed by atoms with Gasteiger partial charge < -0.3 is 14.5 Å². The lowest BCUT2D eigenvalue weighted by atomic mass is 10.2. The predicted octanol–water partition coefficient (Wildman–Crippen LogP) is 3.26. The van der Waals surface area contributed by atoms with Crippen LogP contribution in [0.25, 0.3) is 16.6 Å². The zero-order valence-corrected chi connectivity index (χ0v) is 17.0. The number of carbonyl (C=O) groups is 1. The monoisotopic (exact) mass is 425 g/mol. The molecule has 0 saturated heterocycles. The van der Waals surface area contributed by atoms with Crippen molar-refractivity contribution in [2.24, 2.45) is 0 Å². The van der Waals surface area contributed by atoms with Crippen LogP contribution in [-0.2, 0) is 17.9 Å². The van der Waals surface area contributed by atoms with Crippen molar-refractivity contribution in [1.82, 2.24) is 19.2 Å². The summed E-state index contributed by atoms with van der Waals surface area (Å²) in [4.78, 5) is 29.1. The van der Waals surface area contributed by atoms with Crippen molar-refractivity contribution in [2.45, 2.75) is 13.2 Å². The molecule has 0 aliphatic rings. The number of amides is 1. The van der Waals surface area contributed by atoms with E-state index in [-0.39, 0.29) is 17.9 Å². The number of pyridine rings is 1. The fraction of sp³-hybridized carbons (Fsp3) is 0.0833. The Morgan fingerprint density at radius 3 is 2.81 bits per heavy atom. The fourth-order valence-corrected chi connectivity index (χ4v) is 3.50.